The first-order valence-corrected chi connectivity index (χ1v) is 8.62. The van der Waals surface area contributed by atoms with Gasteiger partial charge in [0.05, 0.1) is 12.2 Å². The number of pyridine rings is 1. The topological polar surface area (TPSA) is 37.4 Å². The second-order valence-corrected chi connectivity index (χ2v) is 7.09. The van der Waals surface area contributed by atoms with Crippen molar-refractivity contribution in [2.24, 2.45) is 5.92 Å². The Morgan fingerprint density at radius 2 is 2.09 bits per heavy atom. The zero-order valence-electron chi connectivity index (χ0n) is 14.0. The van der Waals surface area contributed by atoms with E-state index in [1.54, 1.807) is 0 Å². The summed E-state index contributed by atoms with van der Waals surface area (Å²) in [4.78, 5) is 6.78. The molecule has 4 heteroatoms. The molecule has 1 aromatic rings. The van der Waals surface area contributed by atoms with Crippen LogP contribution in [0.2, 0.25) is 0 Å². The number of nitrogens with zero attached hydrogens (tertiary/aromatic N) is 2. The van der Waals surface area contributed by atoms with Gasteiger partial charge in [0.1, 0.15) is 0 Å². The highest BCUT2D eigenvalue weighted by Gasteiger charge is 2.34. The molecule has 3 rings (SSSR count). The lowest BCUT2D eigenvalue weighted by molar-refractivity contribution is -0.0425. The molecule has 0 bridgehead atoms. The van der Waals surface area contributed by atoms with Crippen LogP contribution in [-0.4, -0.2) is 48.3 Å². The zero-order valence-corrected chi connectivity index (χ0v) is 14.0. The van der Waals surface area contributed by atoms with Gasteiger partial charge >= 0.3 is 0 Å². The smallest absolute Gasteiger partial charge is 0.0565 e. The van der Waals surface area contributed by atoms with E-state index in [-0.39, 0.29) is 0 Å². The van der Waals surface area contributed by atoms with Crippen LogP contribution in [0.1, 0.15) is 44.7 Å². The van der Waals surface area contributed by atoms with E-state index in [0.717, 1.165) is 19.4 Å². The van der Waals surface area contributed by atoms with Crippen LogP contribution >= 0.6 is 0 Å². The molecule has 3 heterocycles. The normalized spacial score (nSPS) is 36.6. The van der Waals surface area contributed by atoms with Crippen LogP contribution in [-0.2, 0) is 4.74 Å². The van der Waals surface area contributed by atoms with Gasteiger partial charge in [-0.2, -0.15) is 0 Å². The highest BCUT2D eigenvalue weighted by Crippen LogP contribution is 2.35. The molecular formula is C18H29N3O. The summed E-state index contributed by atoms with van der Waals surface area (Å²) in [6.45, 7) is 6.64. The van der Waals surface area contributed by atoms with Gasteiger partial charge in [0.15, 0.2) is 0 Å². The van der Waals surface area contributed by atoms with Crippen molar-refractivity contribution >= 4 is 0 Å². The van der Waals surface area contributed by atoms with Gasteiger partial charge in [-0.3, -0.25) is 9.88 Å². The Bertz CT molecular complexity index is 457. The van der Waals surface area contributed by atoms with Crippen LogP contribution in [0.3, 0.4) is 0 Å². The fourth-order valence-corrected chi connectivity index (χ4v) is 4.21. The summed E-state index contributed by atoms with van der Waals surface area (Å²) in [7, 11) is 2.23. The van der Waals surface area contributed by atoms with Crippen LogP contribution in [0.5, 0.6) is 0 Å². The minimum atomic E-state index is 0.377. The Labute approximate surface area is 134 Å². The standard InChI is InChI=1S/C18H29N3O/c1-13-9-17(10-14(2)22-13)20-12-16-6-8-21(3)18(16)15-5-4-7-19-11-15/h4-5,7,11,13-14,16-18,20H,6,8-10,12H2,1-3H3/t13-,14+,16-,17?,18-/m0/s1. The molecule has 1 N–H and O–H groups in total. The average molecular weight is 303 g/mol. The lowest BCUT2D eigenvalue weighted by Crippen LogP contribution is -2.43. The van der Waals surface area contributed by atoms with E-state index in [9.17, 15) is 0 Å². The van der Waals surface area contributed by atoms with Crippen LogP contribution in [0.4, 0.5) is 0 Å². The van der Waals surface area contributed by atoms with E-state index >= 15 is 0 Å². The molecule has 0 aliphatic carbocycles. The van der Waals surface area contributed by atoms with Crippen LogP contribution in [0, 0.1) is 5.92 Å². The van der Waals surface area contributed by atoms with E-state index in [1.165, 1.54) is 18.5 Å². The van der Waals surface area contributed by atoms with E-state index in [1.807, 2.05) is 18.5 Å². The molecule has 2 aliphatic rings. The van der Waals surface area contributed by atoms with Crippen molar-refractivity contribution in [3.63, 3.8) is 0 Å². The molecule has 0 spiro atoms. The van der Waals surface area contributed by atoms with Crippen molar-refractivity contribution in [1.82, 2.24) is 15.2 Å². The fourth-order valence-electron chi connectivity index (χ4n) is 4.21. The van der Waals surface area contributed by atoms with Gasteiger partial charge in [-0.25, -0.2) is 0 Å². The Balaban J connectivity index is 1.59. The second-order valence-electron chi connectivity index (χ2n) is 7.09. The molecule has 4 nitrogen and oxygen atoms in total. The zero-order chi connectivity index (χ0) is 15.5. The Morgan fingerprint density at radius 1 is 1.32 bits per heavy atom. The number of ether oxygens (including phenoxy) is 1. The molecule has 1 unspecified atom stereocenters. The van der Waals surface area contributed by atoms with Crippen LogP contribution in [0.25, 0.3) is 0 Å². The van der Waals surface area contributed by atoms with Gasteiger partial charge in [-0.15, -0.1) is 0 Å². The Morgan fingerprint density at radius 3 is 2.77 bits per heavy atom. The fraction of sp³-hybridized carbons (Fsp3) is 0.722. The molecule has 2 aliphatic heterocycles. The first kappa shape index (κ1) is 15.9. The summed E-state index contributed by atoms with van der Waals surface area (Å²) in [6, 6.07) is 5.36. The second kappa shape index (κ2) is 7.07. The summed E-state index contributed by atoms with van der Waals surface area (Å²) < 4.78 is 5.84. The highest BCUT2D eigenvalue weighted by molar-refractivity contribution is 5.17. The SMILES string of the molecule is C[C@@H]1CC(NC[C@@H]2CCN(C)[C@H]2c2cccnc2)C[C@H](C)O1. The Kier molecular flexibility index (Phi) is 5.11. The quantitative estimate of drug-likeness (QED) is 0.928. The summed E-state index contributed by atoms with van der Waals surface area (Å²) in [6.07, 6.45) is 8.16. The third-order valence-electron chi connectivity index (χ3n) is 5.17. The van der Waals surface area contributed by atoms with Crippen molar-refractivity contribution in [3.05, 3.63) is 30.1 Å². The Hall–Kier alpha value is -0.970. The minimum absolute atomic E-state index is 0.377. The van der Waals surface area contributed by atoms with E-state index in [2.05, 4.69) is 42.2 Å². The van der Waals surface area contributed by atoms with Crippen molar-refractivity contribution in [2.45, 2.75) is 57.4 Å². The molecule has 122 valence electrons. The van der Waals surface area contributed by atoms with E-state index < -0.39 is 0 Å². The summed E-state index contributed by atoms with van der Waals surface area (Å²) in [5.74, 6) is 0.669. The molecule has 2 fully saturated rings. The van der Waals surface area contributed by atoms with Gasteiger partial charge in [-0.1, -0.05) is 6.07 Å². The van der Waals surface area contributed by atoms with Gasteiger partial charge in [-0.05, 0) is 64.3 Å². The van der Waals surface area contributed by atoms with Crippen molar-refractivity contribution < 1.29 is 4.74 Å². The van der Waals surface area contributed by atoms with E-state index in [0.29, 0.717) is 30.2 Å². The lowest BCUT2D eigenvalue weighted by atomic mass is 9.93. The van der Waals surface area contributed by atoms with Gasteiger partial charge in [0.2, 0.25) is 0 Å². The van der Waals surface area contributed by atoms with Gasteiger partial charge in [0, 0.05) is 31.0 Å². The average Bonchev–Trinajstić information content (AvgIpc) is 2.86. The van der Waals surface area contributed by atoms with E-state index in [4.69, 9.17) is 4.74 Å². The maximum atomic E-state index is 5.84. The number of hydrogen-bond acceptors (Lipinski definition) is 4. The molecule has 2 saturated heterocycles. The number of nitrogens with one attached hydrogen (secondary N) is 1. The largest absolute Gasteiger partial charge is 0.375 e. The van der Waals surface area contributed by atoms with Crippen LogP contribution < -0.4 is 5.32 Å². The maximum Gasteiger partial charge on any atom is 0.0565 e. The minimum Gasteiger partial charge on any atom is -0.375 e. The van der Waals surface area contributed by atoms with Crippen LogP contribution in [0.15, 0.2) is 24.5 Å². The monoisotopic (exact) mass is 303 g/mol. The first-order valence-electron chi connectivity index (χ1n) is 8.62. The third-order valence-corrected chi connectivity index (χ3v) is 5.17. The van der Waals surface area contributed by atoms with Crippen molar-refractivity contribution in [2.75, 3.05) is 20.1 Å². The summed E-state index contributed by atoms with van der Waals surface area (Å²) >= 11 is 0. The molecule has 0 aromatic carbocycles. The van der Waals surface area contributed by atoms with Gasteiger partial charge in [0.25, 0.3) is 0 Å². The molecule has 22 heavy (non-hydrogen) atoms. The highest BCUT2D eigenvalue weighted by atomic mass is 16.5. The summed E-state index contributed by atoms with van der Waals surface area (Å²) in [5.41, 5.74) is 1.35. The molecule has 0 saturated carbocycles. The predicted molar refractivity (Wildman–Crippen MR) is 88.7 cm³/mol. The lowest BCUT2D eigenvalue weighted by Gasteiger charge is -2.34. The maximum absolute atomic E-state index is 5.84. The number of likely N-dealkylation sites (tertiary alicyclic amines) is 1. The molecule has 0 radical (unpaired) electrons. The van der Waals surface area contributed by atoms with Crippen molar-refractivity contribution in [1.29, 1.82) is 0 Å². The third kappa shape index (κ3) is 3.67. The number of hydrogen-bond donors (Lipinski definition) is 1. The van der Waals surface area contributed by atoms with Crippen molar-refractivity contribution in [3.8, 4) is 0 Å². The molecule has 0 amide bonds. The molecule has 1 aromatic heterocycles. The molecule has 5 atom stereocenters. The predicted octanol–water partition coefficient (Wildman–Crippen LogP) is 2.62. The van der Waals surface area contributed by atoms with Gasteiger partial charge < -0.3 is 10.1 Å². The first-order chi connectivity index (χ1) is 10.6. The number of rotatable bonds is 4. The number of aromatic nitrogens is 1. The molecular weight excluding hydrogens is 274 g/mol. The summed E-state index contributed by atoms with van der Waals surface area (Å²) in [5, 5.41) is 3.82.